The topological polar surface area (TPSA) is 88.2 Å². The lowest BCUT2D eigenvalue weighted by Crippen LogP contribution is -2.18. The number of anilines is 2. The molecule has 3 aromatic rings. The molecule has 0 aliphatic heterocycles. The molecule has 1 aliphatic carbocycles. The smallest absolute Gasteiger partial charge is 0.263 e. The molecule has 1 saturated carbocycles. The number of nitrogens with zero attached hydrogens (tertiary/aromatic N) is 1. The fourth-order valence-corrected chi connectivity index (χ4v) is 5.85. The summed E-state index contributed by atoms with van der Waals surface area (Å²) in [5.41, 5.74) is 1.39. The van der Waals surface area contributed by atoms with E-state index < -0.39 is 10.0 Å². The summed E-state index contributed by atoms with van der Waals surface area (Å²) < 4.78 is 28.3. The van der Waals surface area contributed by atoms with Crippen molar-refractivity contribution in [1.29, 1.82) is 0 Å². The average molecular weight is 430 g/mol. The maximum atomic E-state index is 12.5. The van der Waals surface area contributed by atoms with Gasteiger partial charge in [-0.2, -0.15) is 0 Å². The van der Waals surface area contributed by atoms with Crippen LogP contribution in [-0.2, 0) is 14.8 Å². The van der Waals surface area contributed by atoms with Crippen LogP contribution in [0.4, 0.5) is 10.8 Å². The lowest BCUT2D eigenvalue weighted by Gasteiger charge is -2.20. The van der Waals surface area contributed by atoms with Crippen molar-refractivity contribution in [3.8, 4) is 0 Å². The van der Waals surface area contributed by atoms with E-state index >= 15 is 0 Å². The Hall–Kier alpha value is -2.45. The van der Waals surface area contributed by atoms with Gasteiger partial charge in [-0.1, -0.05) is 48.8 Å². The highest BCUT2D eigenvalue weighted by Gasteiger charge is 2.18. The number of carbonyl (C=O) groups excluding carboxylic acids is 1. The van der Waals surface area contributed by atoms with Gasteiger partial charge in [0, 0.05) is 12.1 Å². The van der Waals surface area contributed by atoms with Crippen molar-refractivity contribution in [2.75, 3.05) is 10.0 Å². The maximum Gasteiger partial charge on any atom is 0.263 e. The lowest BCUT2D eigenvalue weighted by atomic mass is 9.87. The first-order chi connectivity index (χ1) is 14.0. The molecule has 0 saturated heterocycles. The molecule has 1 aromatic heterocycles. The van der Waals surface area contributed by atoms with Crippen LogP contribution < -0.4 is 10.0 Å². The number of hydrogen-bond acceptors (Lipinski definition) is 5. The van der Waals surface area contributed by atoms with Gasteiger partial charge < -0.3 is 5.32 Å². The zero-order chi connectivity index (χ0) is 20.3. The number of nitrogens with one attached hydrogen (secondary N) is 2. The highest BCUT2D eigenvalue weighted by molar-refractivity contribution is 7.93. The molecule has 6 nitrogen and oxygen atoms in total. The summed E-state index contributed by atoms with van der Waals surface area (Å²) in [6.45, 7) is 0. The Morgan fingerprint density at radius 3 is 2.59 bits per heavy atom. The van der Waals surface area contributed by atoms with Crippen LogP contribution in [0.25, 0.3) is 10.2 Å². The zero-order valence-corrected chi connectivity index (χ0v) is 17.6. The first-order valence-electron chi connectivity index (χ1n) is 9.78. The van der Waals surface area contributed by atoms with Gasteiger partial charge in [0.15, 0.2) is 5.13 Å². The van der Waals surface area contributed by atoms with E-state index in [9.17, 15) is 13.2 Å². The second-order valence-corrected chi connectivity index (χ2v) is 10.1. The van der Waals surface area contributed by atoms with Crippen LogP contribution in [-0.4, -0.2) is 19.3 Å². The molecule has 1 fully saturated rings. The highest BCUT2D eigenvalue weighted by atomic mass is 32.2. The maximum absolute atomic E-state index is 12.5. The Balaban J connectivity index is 1.45. The Bertz CT molecular complexity index is 1100. The molecule has 152 valence electrons. The summed E-state index contributed by atoms with van der Waals surface area (Å²) in [5, 5.41) is 3.27. The number of carbonyl (C=O) groups is 1. The van der Waals surface area contributed by atoms with Crippen LogP contribution in [0, 0.1) is 5.92 Å². The van der Waals surface area contributed by atoms with E-state index in [1.807, 2.05) is 6.07 Å². The first-order valence-corrected chi connectivity index (χ1v) is 12.1. The molecule has 29 heavy (non-hydrogen) atoms. The van der Waals surface area contributed by atoms with Gasteiger partial charge in [0.05, 0.1) is 15.1 Å². The van der Waals surface area contributed by atoms with Crippen LogP contribution in [0.5, 0.6) is 0 Å². The van der Waals surface area contributed by atoms with Gasteiger partial charge in [-0.25, -0.2) is 13.4 Å². The standard InChI is InChI=1S/C21H23N3O3S2/c25-20(13-15-7-3-1-4-8-15)22-16-11-12-18-19(14-16)28-21(23-18)24-29(26,27)17-9-5-2-6-10-17/h2,5-6,9-12,14-15H,1,3-4,7-8,13H2,(H,22,25)(H,23,24). The van der Waals surface area contributed by atoms with E-state index in [2.05, 4.69) is 15.0 Å². The molecule has 2 aromatic carbocycles. The summed E-state index contributed by atoms with van der Waals surface area (Å²) in [6.07, 6.45) is 6.52. The van der Waals surface area contributed by atoms with Gasteiger partial charge in [-0.3, -0.25) is 9.52 Å². The molecule has 1 aliphatic rings. The SMILES string of the molecule is O=C(CC1CCCCC1)Nc1ccc2nc(NS(=O)(=O)c3ccccc3)sc2c1. The van der Waals surface area contributed by atoms with Gasteiger partial charge in [-0.05, 0) is 49.1 Å². The number of thiazole rings is 1. The number of fused-ring (bicyclic) bond motifs is 1. The van der Waals surface area contributed by atoms with Crippen molar-refractivity contribution in [3.63, 3.8) is 0 Å². The summed E-state index contributed by atoms with van der Waals surface area (Å²) in [5.74, 6) is 0.514. The van der Waals surface area contributed by atoms with Crippen molar-refractivity contribution in [3.05, 3.63) is 48.5 Å². The van der Waals surface area contributed by atoms with Gasteiger partial charge in [0.2, 0.25) is 5.91 Å². The van der Waals surface area contributed by atoms with Crippen LogP contribution in [0.2, 0.25) is 0 Å². The quantitative estimate of drug-likeness (QED) is 0.577. The Morgan fingerprint density at radius 2 is 1.83 bits per heavy atom. The molecule has 2 N–H and O–H groups in total. The fraction of sp³-hybridized carbons (Fsp3) is 0.333. The van der Waals surface area contributed by atoms with Crippen molar-refractivity contribution in [1.82, 2.24) is 4.98 Å². The monoisotopic (exact) mass is 429 g/mol. The minimum Gasteiger partial charge on any atom is -0.326 e. The number of amides is 1. The number of rotatable bonds is 6. The van der Waals surface area contributed by atoms with E-state index in [-0.39, 0.29) is 10.8 Å². The van der Waals surface area contributed by atoms with E-state index in [1.54, 1.807) is 30.3 Å². The second kappa shape index (κ2) is 8.51. The molecule has 0 atom stereocenters. The molecular formula is C21H23N3O3S2. The largest absolute Gasteiger partial charge is 0.326 e. The van der Waals surface area contributed by atoms with Gasteiger partial charge in [-0.15, -0.1) is 0 Å². The Labute approximate surface area is 174 Å². The summed E-state index contributed by atoms with van der Waals surface area (Å²) in [7, 11) is -3.68. The third kappa shape index (κ3) is 4.94. The van der Waals surface area contributed by atoms with Crippen molar-refractivity contribution >= 4 is 48.3 Å². The Morgan fingerprint density at radius 1 is 1.07 bits per heavy atom. The van der Waals surface area contributed by atoms with Crippen LogP contribution in [0.3, 0.4) is 0 Å². The molecular weight excluding hydrogens is 406 g/mol. The minimum absolute atomic E-state index is 0.0331. The lowest BCUT2D eigenvalue weighted by molar-refractivity contribution is -0.117. The van der Waals surface area contributed by atoms with Gasteiger partial charge in [0.1, 0.15) is 0 Å². The van der Waals surface area contributed by atoms with Crippen LogP contribution in [0.15, 0.2) is 53.4 Å². The van der Waals surface area contributed by atoms with Crippen LogP contribution in [0.1, 0.15) is 38.5 Å². The van der Waals surface area contributed by atoms with Crippen molar-refractivity contribution in [2.24, 2.45) is 5.92 Å². The highest BCUT2D eigenvalue weighted by Crippen LogP contribution is 2.31. The van der Waals surface area contributed by atoms with E-state index in [0.717, 1.165) is 17.5 Å². The van der Waals surface area contributed by atoms with Crippen LogP contribution >= 0.6 is 11.3 Å². The predicted molar refractivity (Wildman–Crippen MR) is 117 cm³/mol. The molecule has 1 heterocycles. The molecule has 0 unspecified atom stereocenters. The number of aromatic nitrogens is 1. The van der Waals surface area contributed by atoms with Crippen molar-refractivity contribution in [2.45, 2.75) is 43.4 Å². The first kappa shape index (κ1) is 19.8. The average Bonchev–Trinajstić information content (AvgIpc) is 3.10. The Kier molecular flexibility index (Phi) is 5.82. The summed E-state index contributed by atoms with van der Waals surface area (Å²) in [6, 6.07) is 13.6. The predicted octanol–water partition coefficient (Wildman–Crippen LogP) is 5.01. The minimum atomic E-state index is -3.68. The number of benzene rings is 2. The molecule has 0 radical (unpaired) electrons. The van der Waals surface area contributed by atoms with Gasteiger partial charge in [0.25, 0.3) is 10.0 Å². The fourth-order valence-electron chi connectivity index (χ4n) is 3.69. The molecule has 1 amide bonds. The van der Waals surface area contributed by atoms with Gasteiger partial charge >= 0.3 is 0 Å². The van der Waals surface area contributed by atoms with E-state index in [0.29, 0.717) is 28.7 Å². The molecule has 0 bridgehead atoms. The number of sulfonamides is 1. The molecule has 8 heteroatoms. The zero-order valence-electron chi connectivity index (χ0n) is 15.9. The third-order valence-electron chi connectivity index (χ3n) is 5.15. The molecule has 0 spiro atoms. The number of hydrogen-bond donors (Lipinski definition) is 2. The third-order valence-corrected chi connectivity index (χ3v) is 7.56. The van der Waals surface area contributed by atoms with E-state index in [4.69, 9.17) is 0 Å². The second-order valence-electron chi connectivity index (χ2n) is 7.38. The van der Waals surface area contributed by atoms with E-state index in [1.165, 1.54) is 42.7 Å². The summed E-state index contributed by atoms with van der Waals surface area (Å²) in [4.78, 5) is 16.9. The normalized spacial score (nSPS) is 15.3. The summed E-state index contributed by atoms with van der Waals surface area (Å²) >= 11 is 1.24. The van der Waals surface area contributed by atoms with Crippen molar-refractivity contribution < 1.29 is 13.2 Å². The molecule has 4 rings (SSSR count).